The van der Waals surface area contributed by atoms with E-state index in [2.05, 4.69) is 84.3 Å². The van der Waals surface area contributed by atoms with Crippen molar-refractivity contribution in [2.75, 3.05) is 113 Å². The summed E-state index contributed by atoms with van der Waals surface area (Å²) in [7, 11) is 1.65. The van der Waals surface area contributed by atoms with E-state index in [-0.39, 0.29) is 0 Å². The molecule has 6 aromatic rings. The molecule has 0 saturated carbocycles. The molecule has 9 nitrogen and oxygen atoms in total. The van der Waals surface area contributed by atoms with Gasteiger partial charge in [-0.15, -0.1) is 0 Å². The van der Waals surface area contributed by atoms with E-state index in [4.69, 9.17) is 42.6 Å². The van der Waals surface area contributed by atoms with Crippen molar-refractivity contribution in [3.63, 3.8) is 0 Å². The topological polar surface area (TPSA) is 83.1 Å². The Morgan fingerprint density at radius 1 is 0.339 bits per heavy atom. The fraction of sp³-hybridized carbons (Fsp3) is 0.360. The second-order valence-corrected chi connectivity index (χ2v) is 13.5. The van der Waals surface area contributed by atoms with Crippen LogP contribution < -0.4 is 0 Å². The van der Waals surface area contributed by atoms with Crippen LogP contribution in [-0.4, -0.2) is 113 Å². The summed E-state index contributed by atoms with van der Waals surface area (Å²) < 4.78 is 49.2. The third-order valence-corrected chi connectivity index (χ3v) is 9.38. The second-order valence-electron chi connectivity index (χ2n) is 13.5. The third kappa shape index (κ3) is 14.4. The Hall–Kier alpha value is -4.88. The van der Waals surface area contributed by atoms with Crippen LogP contribution in [0.3, 0.4) is 0 Å². The monoisotopic (exact) mass is 798 g/mol. The SMILES string of the molecule is COCCOCCOCCOCCOCCOCCOCCOCCOCc1ccc(C#Cc2ccc3ccc4c(C#Cc5ccccc5)ccc5ccc2c3c54)cc1. The average Bonchev–Trinajstić information content (AvgIpc) is 3.28. The molecular weight excluding hydrogens is 745 g/mol. The van der Waals surface area contributed by atoms with E-state index in [0.717, 1.165) is 38.6 Å². The van der Waals surface area contributed by atoms with Gasteiger partial charge in [-0.1, -0.05) is 90.4 Å². The van der Waals surface area contributed by atoms with Gasteiger partial charge in [0.05, 0.1) is 112 Å². The lowest BCUT2D eigenvalue weighted by molar-refractivity contribution is -0.0246. The molecule has 0 spiro atoms. The van der Waals surface area contributed by atoms with E-state index in [1.807, 2.05) is 42.5 Å². The molecule has 0 saturated heterocycles. The zero-order valence-electron chi connectivity index (χ0n) is 34.0. The average molecular weight is 799 g/mol. The van der Waals surface area contributed by atoms with Crippen molar-refractivity contribution in [2.24, 2.45) is 0 Å². The van der Waals surface area contributed by atoms with Crippen molar-refractivity contribution in [1.82, 2.24) is 0 Å². The summed E-state index contributed by atoms with van der Waals surface area (Å²) in [6, 6.07) is 35.7. The molecule has 0 amide bonds. The van der Waals surface area contributed by atoms with E-state index in [0.29, 0.717) is 112 Å². The van der Waals surface area contributed by atoms with Gasteiger partial charge in [0, 0.05) is 29.4 Å². The first-order valence-electron chi connectivity index (χ1n) is 20.3. The number of benzene rings is 6. The van der Waals surface area contributed by atoms with Gasteiger partial charge in [-0.2, -0.15) is 0 Å². The van der Waals surface area contributed by atoms with E-state index in [1.165, 1.54) is 21.5 Å². The van der Waals surface area contributed by atoms with Crippen LogP contribution in [0.15, 0.2) is 103 Å². The number of hydrogen-bond donors (Lipinski definition) is 0. The van der Waals surface area contributed by atoms with Gasteiger partial charge >= 0.3 is 0 Å². The van der Waals surface area contributed by atoms with Crippen LogP contribution in [-0.2, 0) is 49.2 Å². The van der Waals surface area contributed by atoms with Crippen molar-refractivity contribution in [3.05, 3.63) is 131 Å². The quantitative estimate of drug-likeness (QED) is 0.0312. The molecule has 6 aromatic carbocycles. The van der Waals surface area contributed by atoms with Crippen LogP contribution >= 0.6 is 0 Å². The zero-order chi connectivity index (χ0) is 40.6. The standard InChI is InChI=1S/C50H54O9/c1-51-23-24-52-25-26-53-27-28-54-29-30-55-31-32-56-33-34-57-35-36-58-37-38-59-39-42-9-7-41(8-10-42)12-14-44-16-18-46-19-21-47-43(13-11-40-5-3-2-4-6-40)15-17-45-20-22-48(44)50(46)49(45)47/h2-10,15-22H,23-39H2,1H3. The number of rotatable bonds is 26. The lowest BCUT2D eigenvalue weighted by Crippen LogP contribution is -2.15. The minimum Gasteiger partial charge on any atom is -0.382 e. The van der Waals surface area contributed by atoms with Gasteiger partial charge in [0.1, 0.15) is 0 Å². The Labute approximate surface area is 348 Å². The van der Waals surface area contributed by atoms with Crippen molar-refractivity contribution in [3.8, 4) is 23.7 Å². The molecule has 308 valence electrons. The highest BCUT2D eigenvalue weighted by molar-refractivity contribution is 6.24. The molecule has 0 aliphatic carbocycles. The molecule has 9 heteroatoms. The van der Waals surface area contributed by atoms with Gasteiger partial charge in [0.2, 0.25) is 0 Å². The second kappa shape index (κ2) is 25.6. The van der Waals surface area contributed by atoms with E-state index >= 15 is 0 Å². The fourth-order valence-corrected chi connectivity index (χ4v) is 6.38. The molecular formula is C50H54O9. The molecule has 0 heterocycles. The molecule has 0 unspecified atom stereocenters. The highest BCUT2D eigenvalue weighted by atomic mass is 16.6. The van der Waals surface area contributed by atoms with Crippen LogP contribution in [0.4, 0.5) is 0 Å². The summed E-state index contributed by atoms with van der Waals surface area (Å²) >= 11 is 0. The molecule has 6 rings (SSSR count). The van der Waals surface area contributed by atoms with Crippen molar-refractivity contribution < 1.29 is 42.6 Å². The number of ether oxygens (including phenoxy) is 9. The fourth-order valence-electron chi connectivity index (χ4n) is 6.38. The van der Waals surface area contributed by atoms with Crippen LogP contribution in [0.2, 0.25) is 0 Å². The first-order chi connectivity index (χ1) is 29.3. The van der Waals surface area contributed by atoms with Gasteiger partial charge in [-0.3, -0.25) is 0 Å². The smallest absolute Gasteiger partial charge is 0.0718 e. The maximum atomic E-state index is 5.82. The highest BCUT2D eigenvalue weighted by Crippen LogP contribution is 2.37. The van der Waals surface area contributed by atoms with Crippen LogP contribution in [0.5, 0.6) is 0 Å². The first kappa shape index (κ1) is 43.7. The van der Waals surface area contributed by atoms with Crippen molar-refractivity contribution in [1.29, 1.82) is 0 Å². The van der Waals surface area contributed by atoms with Crippen LogP contribution in [0, 0.1) is 23.7 Å². The van der Waals surface area contributed by atoms with Crippen LogP contribution in [0.25, 0.3) is 32.3 Å². The van der Waals surface area contributed by atoms with Crippen molar-refractivity contribution >= 4 is 32.3 Å². The predicted octanol–water partition coefficient (Wildman–Crippen LogP) is 7.66. The molecule has 0 aliphatic heterocycles. The summed E-state index contributed by atoms with van der Waals surface area (Å²) in [6.45, 7) is 8.93. The van der Waals surface area contributed by atoms with Crippen LogP contribution in [0.1, 0.15) is 27.8 Å². The minimum atomic E-state index is 0.503. The molecule has 0 aromatic heterocycles. The summed E-state index contributed by atoms with van der Waals surface area (Å²) in [5, 5.41) is 7.19. The molecule has 0 N–H and O–H groups in total. The largest absolute Gasteiger partial charge is 0.382 e. The van der Waals surface area contributed by atoms with Gasteiger partial charge in [-0.25, -0.2) is 0 Å². The van der Waals surface area contributed by atoms with Crippen molar-refractivity contribution in [2.45, 2.75) is 6.61 Å². The Kier molecular flexibility index (Phi) is 18.9. The Balaban J connectivity index is 0.813. The zero-order valence-corrected chi connectivity index (χ0v) is 34.0. The number of hydrogen-bond acceptors (Lipinski definition) is 9. The molecule has 0 fully saturated rings. The normalized spacial score (nSPS) is 11.3. The molecule has 59 heavy (non-hydrogen) atoms. The van der Waals surface area contributed by atoms with Gasteiger partial charge < -0.3 is 42.6 Å². The number of methoxy groups -OCH3 is 1. The molecule has 0 bridgehead atoms. The predicted molar refractivity (Wildman–Crippen MR) is 232 cm³/mol. The van der Waals surface area contributed by atoms with Gasteiger partial charge in [0.25, 0.3) is 0 Å². The lowest BCUT2D eigenvalue weighted by atomic mass is 9.90. The Morgan fingerprint density at radius 2 is 0.712 bits per heavy atom. The molecule has 0 atom stereocenters. The summed E-state index contributed by atoms with van der Waals surface area (Å²) in [5.41, 5.74) is 5.08. The molecule has 0 aliphatic rings. The van der Waals surface area contributed by atoms with Gasteiger partial charge in [-0.05, 0) is 74.3 Å². The minimum absolute atomic E-state index is 0.503. The van der Waals surface area contributed by atoms with E-state index < -0.39 is 0 Å². The Morgan fingerprint density at radius 3 is 1.14 bits per heavy atom. The summed E-state index contributed by atoms with van der Waals surface area (Å²) in [4.78, 5) is 0. The summed E-state index contributed by atoms with van der Waals surface area (Å²) in [6.07, 6.45) is 0. The summed E-state index contributed by atoms with van der Waals surface area (Å²) in [5.74, 6) is 13.6. The Bertz CT molecular complexity index is 2230. The lowest BCUT2D eigenvalue weighted by Gasteiger charge is -2.13. The maximum Gasteiger partial charge on any atom is 0.0718 e. The van der Waals surface area contributed by atoms with E-state index in [9.17, 15) is 0 Å². The third-order valence-electron chi connectivity index (χ3n) is 9.38. The highest BCUT2D eigenvalue weighted by Gasteiger charge is 2.12. The van der Waals surface area contributed by atoms with Gasteiger partial charge in [0.15, 0.2) is 0 Å². The molecule has 0 radical (unpaired) electrons. The van der Waals surface area contributed by atoms with E-state index in [1.54, 1.807) is 7.11 Å². The maximum absolute atomic E-state index is 5.82. The first-order valence-corrected chi connectivity index (χ1v) is 20.3.